The molecule has 0 bridgehead atoms. The van der Waals surface area contributed by atoms with Crippen LogP contribution in [0.15, 0.2) is 72.9 Å². The molecule has 1 fully saturated rings. The lowest BCUT2D eigenvalue weighted by molar-refractivity contribution is 0.0126. The van der Waals surface area contributed by atoms with Crippen LogP contribution < -0.4 is 4.74 Å². The van der Waals surface area contributed by atoms with Crippen molar-refractivity contribution in [2.75, 3.05) is 13.1 Å². The molecule has 166 valence electrons. The lowest BCUT2D eigenvalue weighted by Crippen LogP contribution is -2.44. The minimum absolute atomic E-state index is 0.102. The molecule has 0 N–H and O–H groups in total. The molecular weight excluding hydrogens is 400 g/mol. The van der Waals surface area contributed by atoms with Crippen molar-refractivity contribution < 1.29 is 14.3 Å². The van der Waals surface area contributed by atoms with Gasteiger partial charge in [-0.05, 0) is 56.2 Å². The Morgan fingerprint density at radius 1 is 0.906 bits per heavy atom. The molecule has 1 aromatic heterocycles. The van der Waals surface area contributed by atoms with E-state index in [0.717, 1.165) is 41.0 Å². The van der Waals surface area contributed by atoms with Gasteiger partial charge in [0.25, 0.3) is 0 Å². The van der Waals surface area contributed by atoms with Crippen LogP contribution in [0.5, 0.6) is 5.75 Å². The number of piperidine rings is 1. The lowest BCUT2D eigenvalue weighted by atomic mass is 10.0. The Balaban J connectivity index is 1.35. The molecule has 2 heterocycles. The minimum atomic E-state index is -0.469. The maximum absolute atomic E-state index is 12.2. The first-order valence-electron chi connectivity index (χ1n) is 11.1. The summed E-state index contributed by atoms with van der Waals surface area (Å²) in [6, 6.07) is 22.5. The molecule has 5 nitrogen and oxygen atoms in total. The summed E-state index contributed by atoms with van der Waals surface area (Å²) in [5, 5.41) is 0. The number of hydrogen-bond acceptors (Lipinski definition) is 4. The SMILES string of the molecule is CC(C)(C)OC(=O)N1CCC(Oc2ccc(-c3ccnc(-c4ccccc4)c3)cc2)CC1. The van der Waals surface area contributed by atoms with Crippen molar-refractivity contribution in [2.24, 2.45) is 0 Å². The summed E-state index contributed by atoms with van der Waals surface area (Å²) in [4.78, 5) is 18.5. The van der Waals surface area contributed by atoms with Crippen LogP contribution in [-0.4, -0.2) is 40.8 Å². The summed E-state index contributed by atoms with van der Waals surface area (Å²) >= 11 is 0. The van der Waals surface area contributed by atoms with E-state index in [1.807, 2.05) is 63.4 Å². The molecular formula is C27H30N2O3. The van der Waals surface area contributed by atoms with Crippen molar-refractivity contribution >= 4 is 6.09 Å². The van der Waals surface area contributed by atoms with E-state index in [1.165, 1.54) is 0 Å². The molecule has 0 aliphatic carbocycles. The Morgan fingerprint density at radius 2 is 1.59 bits per heavy atom. The van der Waals surface area contributed by atoms with Crippen molar-refractivity contribution in [1.29, 1.82) is 0 Å². The number of carbonyl (C=O) groups is 1. The average Bonchev–Trinajstić information content (AvgIpc) is 2.80. The van der Waals surface area contributed by atoms with Gasteiger partial charge in [-0.15, -0.1) is 0 Å². The zero-order chi connectivity index (χ0) is 22.6. The summed E-state index contributed by atoms with van der Waals surface area (Å²) in [6.07, 6.45) is 3.30. The summed E-state index contributed by atoms with van der Waals surface area (Å²) in [7, 11) is 0. The molecule has 1 saturated heterocycles. The largest absolute Gasteiger partial charge is 0.490 e. The first-order chi connectivity index (χ1) is 15.4. The number of amides is 1. The fraction of sp³-hybridized carbons (Fsp3) is 0.333. The summed E-state index contributed by atoms with van der Waals surface area (Å²) in [6.45, 7) is 6.96. The van der Waals surface area contributed by atoms with Crippen molar-refractivity contribution in [3.63, 3.8) is 0 Å². The van der Waals surface area contributed by atoms with Crippen LogP contribution in [-0.2, 0) is 4.74 Å². The number of pyridine rings is 1. The Morgan fingerprint density at radius 3 is 2.25 bits per heavy atom. The van der Waals surface area contributed by atoms with Crippen LogP contribution in [0, 0.1) is 0 Å². The first-order valence-corrected chi connectivity index (χ1v) is 11.1. The number of benzene rings is 2. The van der Waals surface area contributed by atoms with Crippen molar-refractivity contribution in [1.82, 2.24) is 9.88 Å². The van der Waals surface area contributed by atoms with E-state index in [1.54, 1.807) is 4.90 Å². The monoisotopic (exact) mass is 430 g/mol. The van der Waals surface area contributed by atoms with E-state index >= 15 is 0 Å². The van der Waals surface area contributed by atoms with Gasteiger partial charge < -0.3 is 14.4 Å². The summed E-state index contributed by atoms with van der Waals surface area (Å²) < 4.78 is 11.6. The highest BCUT2D eigenvalue weighted by Gasteiger charge is 2.27. The van der Waals surface area contributed by atoms with E-state index in [9.17, 15) is 4.79 Å². The van der Waals surface area contributed by atoms with Crippen LogP contribution in [0.2, 0.25) is 0 Å². The predicted octanol–water partition coefficient (Wildman–Crippen LogP) is 6.19. The molecule has 0 unspecified atom stereocenters. The van der Waals surface area contributed by atoms with Crippen molar-refractivity contribution in [3.8, 4) is 28.1 Å². The molecule has 0 atom stereocenters. The standard InChI is InChI=1S/C27H30N2O3/c1-27(2,3)32-26(30)29-17-14-24(15-18-29)31-23-11-9-20(10-12-23)22-13-16-28-25(19-22)21-7-5-4-6-8-21/h4-13,16,19,24H,14-15,17-18H2,1-3H3. The van der Waals surface area contributed by atoms with Gasteiger partial charge in [-0.3, -0.25) is 4.98 Å². The minimum Gasteiger partial charge on any atom is -0.490 e. The van der Waals surface area contributed by atoms with Gasteiger partial charge in [-0.2, -0.15) is 0 Å². The molecule has 32 heavy (non-hydrogen) atoms. The summed E-state index contributed by atoms with van der Waals surface area (Å²) in [5.74, 6) is 0.849. The van der Waals surface area contributed by atoms with E-state index in [0.29, 0.717) is 13.1 Å². The van der Waals surface area contributed by atoms with Crippen molar-refractivity contribution in [2.45, 2.75) is 45.3 Å². The second-order valence-electron chi connectivity index (χ2n) is 9.10. The number of nitrogens with zero attached hydrogens (tertiary/aromatic N) is 2. The molecule has 3 aromatic rings. The molecule has 1 amide bonds. The van der Waals surface area contributed by atoms with Crippen molar-refractivity contribution in [3.05, 3.63) is 72.9 Å². The lowest BCUT2D eigenvalue weighted by Gasteiger charge is -2.33. The third-order valence-electron chi connectivity index (χ3n) is 5.41. The molecule has 1 aliphatic heterocycles. The van der Waals surface area contributed by atoms with Crippen LogP contribution in [0.1, 0.15) is 33.6 Å². The third-order valence-corrected chi connectivity index (χ3v) is 5.41. The highest BCUT2D eigenvalue weighted by atomic mass is 16.6. The fourth-order valence-corrected chi connectivity index (χ4v) is 3.78. The molecule has 5 heteroatoms. The van der Waals surface area contributed by atoms with E-state index in [2.05, 4.69) is 35.3 Å². The van der Waals surface area contributed by atoms with Crippen LogP contribution in [0.25, 0.3) is 22.4 Å². The average molecular weight is 431 g/mol. The zero-order valence-corrected chi connectivity index (χ0v) is 19.0. The van der Waals surface area contributed by atoms with E-state index < -0.39 is 5.60 Å². The normalized spacial score (nSPS) is 14.8. The number of ether oxygens (including phenoxy) is 2. The van der Waals surface area contributed by atoms with Gasteiger partial charge in [0.15, 0.2) is 0 Å². The Bertz CT molecular complexity index is 1030. The second kappa shape index (κ2) is 9.43. The van der Waals surface area contributed by atoms with Gasteiger partial charge in [-0.1, -0.05) is 42.5 Å². The fourth-order valence-electron chi connectivity index (χ4n) is 3.78. The molecule has 2 aromatic carbocycles. The van der Waals surface area contributed by atoms with E-state index in [-0.39, 0.29) is 12.2 Å². The van der Waals surface area contributed by atoms with Gasteiger partial charge in [0.1, 0.15) is 17.5 Å². The van der Waals surface area contributed by atoms with Gasteiger partial charge in [0.05, 0.1) is 5.69 Å². The van der Waals surface area contributed by atoms with Gasteiger partial charge in [0.2, 0.25) is 0 Å². The highest BCUT2D eigenvalue weighted by molar-refractivity contribution is 5.70. The zero-order valence-electron chi connectivity index (χ0n) is 19.0. The third kappa shape index (κ3) is 5.67. The van der Waals surface area contributed by atoms with Crippen LogP contribution in [0.3, 0.4) is 0 Å². The molecule has 1 aliphatic rings. The van der Waals surface area contributed by atoms with Crippen LogP contribution >= 0.6 is 0 Å². The smallest absolute Gasteiger partial charge is 0.410 e. The molecule has 0 radical (unpaired) electrons. The van der Waals surface area contributed by atoms with Crippen LogP contribution in [0.4, 0.5) is 4.79 Å². The Kier molecular flexibility index (Phi) is 6.45. The van der Waals surface area contributed by atoms with Gasteiger partial charge in [0, 0.05) is 37.7 Å². The van der Waals surface area contributed by atoms with Gasteiger partial charge >= 0.3 is 6.09 Å². The number of hydrogen-bond donors (Lipinski definition) is 0. The quantitative estimate of drug-likeness (QED) is 0.495. The Hall–Kier alpha value is -3.34. The number of aromatic nitrogens is 1. The molecule has 0 saturated carbocycles. The van der Waals surface area contributed by atoms with E-state index in [4.69, 9.17) is 9.47 Å². The number of carbonyl (C=O) groups excluding carboxylic acids is 1. The Labute approximate surface area is 190 Å². The summed E-state index contributed by atoms with van der Waals surface area (Å²) in [5.41, 5.74) is 3.84. The molecule has 0 spiro atoms. The topological polar surface area (TPSA) is 51.7 Å². The van der Waals surface area contributed by atoms with Gasteiger partial charge in [-0.25, -0.2) is 4.79 Å². The maximum atomic E-state index is 12.2. The highest BCUT2D eigenvalue weighted by Crippen LogP contribution is 2.27. The predicted molar refractivity (Wildman–Crippen MR) is 127 cm³/mol. The number of rotatable bonds is 4. The first kappa shape index (κ1) is 21.9. The maximum Gasteiger partial charge on any atom is 0.410 e. The second-order valence-corrected chi connectivity index (χ2v) is 9.10. The molecule has 4 rings (SSSR count). The number of likely N-dealkylation sites (tertiary alicyclic amines) is 1.